The minimum Gasteiger partial charge on any atom is -0.466 e. The first-order valence-electron chi connectivity index (χ1n) is 7.13. The molecule has 2 aliphatic heterocycles. The lowest BCUT2D eigenvalue weighted by Crippen LogP contribution is -2.32. The van der Waals surface area contributed by atoms with Gasteiger partial charge in [0.1, 0.15) is 17.7 Å². The molecular weight excluding hydrogens is 271 g/mol. The van der Waals surface area contributed by atoms with E-state index in [1.807, 2.05) is 12.1 Å². The van der Waals surface area contributed by atoms with Crippen molar-refractivity contribution in [2.75, 3.05) is 11.4 Å². The summed E-state index contributed by atoms with van der Waals surface area (Å²) in [7, 11) is 0. The summed E-state index contributed by atoms with van der Waals surface area (Å²) in [5.74, 6) is 0.512. The number of rotatable bonds is 2. The minimum atomic E-state index is -0.305. The van der Waals surface area contributed by atoms with Gasteiger partial charge in [0.25, 0.3) is 0 Å². The van der Waals surface area contributed by atoms with Gasteiger partial charge in [-0.05, 0) is 49.2 Å². The van der Waals surface area contributed by atoms with E-state index in [4.69, 9.17) is 4.42 Å². The van der Waals surface area contributed by atoms with Gasteiger partial charge < -0.3 is 4.42 Å². The van der Waals surface area contributed by atoms with Crippen molar-refractivity contribution in [2.45, 2.75) is 25.0 Å². The third-order valence-corrected chi connectivity index (χ3v) is 4.28. The van der Waals surface area contributed by atoms with Crippen molar-refractivity contribution in [3.63, 3.8) is 0 Å². The third-order valence-electron chi connectivity index (χ3n) is 4.28. The molecule has 108 valence electrons. The van der Waals surface area contributed by atoms with Crippen molar-refractivity contribution in [1.82, 2.24) is 4.90 Å². The molecule has 0 aliphatic carbocycles. The Hall–Kier alpha value is -2.14. The standard InChI is InChI=1S/C16H15FN2O2/c17-11-5-7-12(8-6-11)19-15(14-4-2-10-21-14)18-9-1-3-13(18)16(19)20/h2,4-8,10,13,15H,1,3,9H2/t13-,15+/m0/s1. The summed E-state index contributed by atoms with van der Waals surface area (Å²) in [6, 6.07) is 9.67. The number of carbonyl (C=O) groups excluding carboxylic acids is 1. The average molecular weight is 286 g/mol. The van der Waals surface area contributed by atoms with Gasteiger partial charge in [-0.15, -0.1) is 0 Å². The Morgan fingerprint density at radius 1 is 1.19 bits per heavy atom. The molecule has 0 radical (unpaired) electrons. The van der Waals surface area contributed by atoms with Crippen LogP contribution in [0.3, 0.4) is 0 Å². The fraction of sp³-hybridized carbons (Fsp3) is 0.312. The Morgan fingerprint density at radius 2 is 2.00 bits per heavy atom. The fourth-order valence-corrected chi connectivity index (χ4v) is 3.38. The van der Waals surface area contributed by atoms with Crippen LogP contribution in [0.4, 0.5) is 10.1 Å². The fourth-order valence-electron chi connectivity index (χ4n) is 3.38. The molecule has 2 aromatic rings. The Balaban J connectivity index is 1.79. The van der Waals surface area contributed by atoms with Crippen LogP contribution in [0.25, 0.3) is 0 Å². The van der Waals surface area contributed by atoms with E-state index in [0.29, 0.717) is 5.69 Å². The molecule has 4 nitrogen and oxygen atoms in total. The molecule has 1 aromatic heterocycles. The molecule has 21 heavy (non-hydrogen) atoms. The predicted molar refractivity (Wildman–Crippen MR) is 75.1 cm³/mol. The smallest absolute Gasteiger partial charge is 0.246 e. The molecule has 3 heterocycles. The number of fused-ring (bicyclic) bond motifs is 1. The van der Waals surface area contributed by atoms with Crippen LogP contribution in [0.1, 0.15) is 24.8 Å². The summed E-state index contributed by atoms with van der Waals surface area (Å²) in [5, 5.41) is 0. The number of hydrogen-bond acceptors (Lipinski definition) is 3. The van der Waals surface area contributed by atoms with Crippen LogP contribution >= 0.6 is 0 Å². The van der Waals surface area contributed by atoms with Crippen molar-refractivity contribution < 1.29 is 13.6 Å². The first-order chi connectivity index (χ1) is 10.3. The van der Waals surface area contributed by atoms with Gasteiger partial charge in [0.15, 0.2) is 0 Å². The molecule has 2 fully saturated rings. The maximum absolute atomic E-state index is 13.1. The van der Waals surface area contributed by atoms with Gasteiger partial charge in [-0.25, -0.2) is 4.39 Å². The second-order valence-electron chi connectivity index (χ2n) is 5.47. The zero-order valence-electron chi connectivity index (χ0n) is 11.4. The number of anilines is 1. The Bertz CT molecular complexity index is 653. The van der Waals surface area contributed by atoms with Gasteiger partial charge in [-0.2, -0.15) is 0 Å². The lowest BCUT2D eigenvalue weighted by molar-refractivity contribution is -0.119. The van der Waals surface area contributed by atoms with Gasteiger partial charge in [0.2, 0.25) is 5.91 Å². The first kappa shape index (κ1) is 12.6. The maximum atomic E-state index is 13.1. The van der Waals surface area contributed by atoms with Crippen LogP contribution < -0.4 is 4.90 Å². The maximum Gasteiger partial charge on any atom is 0.246 e. The van der Waals surface area contributed by atoms with E-state index in [9.17, 15) is 9.18 Å². The Morgan fingerprint density at radius 3 is 2.71 bits per heavy atom. The summed E-state index contributed by atoms with van der Waals surface area (Å²) in [6.45, 7) is 0.874. The second-order valence-corrected chi connectivity index (χ2v) is 5.47. The molecule has 2 saturated heterocycles. The van der Waals surface area contributed by atoms with E-state index < -0.39 is 0 Å². The highest BCUT2D eigenvalue weighted by molar-refractivity contribution is 6.00. The van der Waals surface area contributed by atoms with E-state index in [2.05, 4.69) is 4.90 Å². The molecule has 0 unspecified atom stereocenters. The summed E-state index contributed by atoms with van der Waals surface area (Å²) in [5.41, 5.74) is 0.706. The van der Waals surface area contributed by atoms with Crippen molar-refractivity contribution in [3.05, 3.63) is 54.2 Å². The predicted octanol–water partition coefficient (Wildman–Crippen LogP) is 2.93. The van der Waals surface area contributed by atoms with E-state index in [1.54, 1.807) is 23.3 Å². The van der Waals surface area contributed by atoms with Crippen molar-refractivity contribution in [2.24, 2.45) is 0 Å². The number of nitrogens with zero attached hydrogens (tertiary/aromatic N) is 2. The largest absolute Gasteiger partial charge is 0.466 e. The summed E-state index contributed by atoms with van der Waals surface area (Å²) in [6.07, 6.45) is 3.27. The number of halogens is 1. The van der Waals surface area contributed by atoms with E-state index in [-0.39, 0.29) is 23.9 Å². The van der Waals surface area contributed by atoms with Crippen LogP contribution in [0, 0.1) is 5.82 Å². The zero-order valence-corrected chi connectivity index (χ0v) is 11.4. The molecule has 4 rings (SSSR count). The molecule has 1 aromatic carbocycles. The molecule has 0 spiro atoms. The normalized spacial score (nSPS) is 25.6. The SMILES string of the molecule is O=C1[C@@H]2CCCN2[C@@H](c2ccco2)N1c1ccc(F)cc1. The summed E-state index contributed by atoms with van der Waals surface area (Å²) >= 11 is 0. The van der Waals surface area contributed by atoms with Crippen LogP contribution in [0.15, 0.2) is 47.1 Å². The molecule has 2 aliphatic rings. The van der Waals surface area contributed by atoms with Gasteiger partial charge in [-0.3, -0.25) is 14.6 Å². The number of amides is 1. The number of hydrogen-bond donors (Lipinski definition) is 0. The van der Waals surface area contributed by atoms with E-state index >= 15 is 0 Å². The Kier molecular flexibility index (Phi) is 2.82. The van der Waals surface area contributed by atoms with Crippen LogP contribution in [-0.4, -0.2) is 23.4 Å². The molecule has 0 bridgehead atoms. The average Bonchev–Trinajstić information content (AvgIpc) is 3.19. The number of furan rings is 1. The lowest BCUT2D eigenvalue weighted by Gasteiger charge is -2.27. The quantitative estimate of drug-likeness (QED) is 0.851. The third kappa shape index (κ3) is 1.88. The van der Waals surface area contributed by atoms with Crippen molar-refractivity contribution in [1.29, 1.82) is 0 Å². The second kappa shape index (κ2) is 4.70. The summed E-state index contributed by atoms with van der Waals surface area (Å²) in [4.78, 5) is 16.6. The van der Waals surface area contributed by atoms with Crippen molar-refractivity contribution >= 4 is 11.6 Å². The number of benzene rings is 1. The van der Waals surface area contributed by atoms with Gasteiger partial charge in [-0.1, -0.05) is 0 Å². The highest BCUT2D eigenvalue weighted by atomic mass is 19.1. The molecule has 0 N–H and O–H groups in total. The molecule has 1 amide bonds. The topological polar surface area (TPSA) is 36.7 Å². The highest BCUT2D eigenvalue weighted by Crippen LogP contribution is 2.42. The van der Waals surface area contributed by atoms with Crippen LogP contribution in [0.2, 0.25) is 0 Å². The minimum absolute atomic E-state index is 0.0699. The first-order valence-corrected chi connectivity index (χ1v) is 7.13. The van der Waals surface area contributed by atoms with Crippen molar-refractivity contribution in [3.8, 4) is 0 Å². The van der Waals surface area contributed by atoms with Crippen LogP contribution in [-0.2, 0) is 4.79 Å². The summed E-state index contributed by atoms with van der Waals surface area (Å²) < 4.78 is 18.7. The monoisotopic (exact) mass is 286 g/mol. The van der Waals surface area contributed by atoms with E-state index in [0.717, 1.165) is 25.1 Å². The molecule has 5 heteroatoms. The van der Waals surface area contributed by atoms with Crippen LogP contribution in [0.5, 0.6) is 0 Å². The Labute approximate surface area is 121 Å². The molecule has 0 saturated carbocycles. The number of carbonyl (C=O) groups is 1. The lowest BCUT2D eigenvalue weighted by atomic mass is 10.2. The zero-order chi connectivity index (χ0) is 14.4. The van der Waals surface area contributed by atoms with Gasteiger partial charge >= 0.3 is 0 Å². The molecule has 2 atom stereocenters. The van der Waals surface area contributed by atoms with E-state index in [1.165, 1.54) is 12.1 Å². The molecular formula is C16H15FN2O2. The highest BCUT2D eigenvalue weighted by Gasteiger charge is 2.50. The van der Waals surface area contributed by atoms with Gasteiger partial charge in [0.05, 0.1) is 12.3 Å². The van der Waals surface area contributed by atoms with Gasteiger partial charge in [0, 0.05) is 12.2 Å².